The van der Waals surface area contributed by atoms with E-state index < -0.39 is 0 Å². The predicted molar refractivity (Wildman–Crippen MR) is 62.8 cm³/mol. The molecule has 1 rings (SSSR count). The summed E-state index contributed by atoms with van der Waals surface area (Å²) < 4.78 is 0. The summed E-state index contributed by atoms with van der Waals surface area (Å²) in [7, 11) is 3.74. The number of nitrogens with one attached hydrogen (secondary N) is 1. The highest BCUT2D eigenvalue weighted by Gasteiger charge is 2.14. The van der Waals surface area contributed by atoms with Crippen molar-refractivity contribution < 1.29 is 4.79 Å². The van der Waals surface area contributed by atoms with Crippen LogP contribution >= 0.6 is 0 Å². The van der Waals surface area contributed by atoms with E-state index in [0.29, 0.717) is 19.1 Å². The van der Waals surface area contributed by atoms with Gasteiger partial charge in [-0.05, 0) is 20.9 Å². The second-order valence-electron chi connectivity index (χ2n) is 4.29. The Hall–Kier alpha value is -1.36. The summed E-state index contributed by atoms with van der Waals surface area (Å²) in [5.74, 6) is 0.913. The first-order valence-corrected chi connectivity index (χ1v) is 5.43. The van der Waals surface area contributed by atoms with Crippen molar-refractivity contribution >= 4 is 5.91 Å². The first-order valence-electron chi connectivity index (χ1n) is 5.43. The van der Waals surface area contributed by atoms with Crippen molar-refractivity contribution in [2.75, 3.05) is 20.6 Å². The van der Waals surface area contributed by atoms with Gasteiger partial charge in [0, 0.05) is 25.5 Å². The van der Waals surface area contributed by atoms with Crippen LogP contribution in [0.4, 0.5) is 0 Å². The van der Waals surface area contributed by atoms with Gasteiger partial charge in [0.25, 0.3) is 0 Å². The molecule has 0 aliphatic carbocycles. The zero-order valence-corrected chi connectivity index (χ0v) is 10.4. The minimum atomic E-state index is 0.104. The van der Waals surface area contributed by atoms with Crippen LogP contribution in [0.3, 0.4) is 0 Å². The van der Waals surface area contributed by atoms with E-state index in [9.17, 15) is 4.79 Å². The van der Waals surface area contributed by atoms with E-state index in [4.69, 9.17) is 0 Å². The minimum Gasteiger partial charge on any atom is -0.347 e. The summed E-state index contributed by atoms with van der Waals surface area (Å²) in [4.78, 5) is 22.6. The summed E-state index contributed by atoms with van der Waals surface area (Å²) >= 11 is 0. The fourth-order valence-electron chi connectivity index (χ4n) is 1.21. The number of rotatable bonds is 5. The van der Waals surface area contributed by atoms with Crippen molar-refractivity contribution in [3.8, 4) is 0 Å². The van der Waals surface area contributed by atoms with Gasteiger partial charge in [-0.2, -0.15) is 0 Å². The fraction of sp³-hybridized carbons (Fsp3) is 0.636. The molecule has 1 aromatic heterocycles. The number of hydrogen-bond acceptors (Lipinski definition) is 3. The van der Waals surface area contributed by atoms with E-state index in [0.717, 1.165) is 5.82 Å². The highest BCUT2D eigenvalue weighted by atomic mass is 16.2. The summed E-state index contributed by atoms with van der Waals surface area (Å²) in [5, 5.41) is 0. The Morgan fingerprint density at radius 3 is 2.69 bits per heavy atom. The number of nitrogens with zero attached hydrogens (tertiary/aromatic N) is 3. The van der Waals surface area contributed by atoms with Gasteiger partial charge in [0.1, 0.15) is 5.82 Å². The van der Waals surface area contributed by atoms with Gasteiger partial charge in [-0.3, -0.25) is 9.69 Å². The SMILES string of the molecule is CC(C)N(C)CC(=O)N(C)Cc1ncc[nH]1. The molecular weight excluding hydrogens is 204 g/mol. The molecule has 0 aliphatic rings. The molecule has 5 heteroatoms. The number of aromatic nitrogens is 2. The largest absolute Gasteiger partial charge is 0.347 e. The Morgan fingerprint density at radius 1 is 1.50 bits per heavy atom. The topological polar surface area (TPSA) is 52.2 Å². The summed E-state index contributed by atoms with van der Waals surface area (Å²) in [6, 6.07) is 0.376. The van der Waals surface area contributed by atoms with Crippen molar-refractivity contribution in [1.82, 2.24) is 19.8 Å². The van der Waals surface area contributed by atoms with E-state index in [2.05, 4.69) is 23.8 Å². The van der Waals surface area contributed by atoms with Crippen LogP contribution in [0.5, 0.6) is 0 Å². The second-order valence-corrected chi connectivity index (χ2v) is 4.29. The summed E-state index contributed by atoms with van der Waals surface area (Å²) in [6.45, 7) is 5.10. The molecule has 0 spiro atoms. The maximum absolute atomic E-state index is 11.8. The molecule has 1 heterocycles. The third kappa shape index (κ3) is 3.66. The number of aromatic amines is 1. The van der Waals surface area contributed by atoms with E-state index in [1.165, 1.54) is 0 Å². The number of amides is 1. The number of hydrogen-bond donors (Lipinski definition) is 1. The van der Waals surface area contributed by atoms with Gasteiger partial charge in [-0.15, -0.1) is 0 Å². The van der Waals surface area contributed by atoms with E-state index in [-0.39, 0.29) is 5.91 Å². The Labute approximate surface area is 96.5 Å². The molecule has 1 N–H and O–H groups in total. The molecule has 90 valence electrons. The zero-order valence-electron chi connectivity index (χ0n) is 10.4. The lowest BCUT2D eigenvalue weighted by Gasteiger charge is -2.23. The highest BCUT2D eigenvalue weighted by Crippen LogP contribution is 1.99. The summed E-state index contributed by atoms with van der Waals surface area (Å²) in [6.07, 6.45) is 3.45. The zero-order chi connectivity index (χ0) is 12.1. The van der Waals surface area contributed by atoms with Gasteiger partial charge in [-0.25, -0.2) is 4.98 Å². The number of carbonyl (C=O) groups is 1. The Morgan fingerprint density at radius 2 is 2.19 bits per heavy atom. The lowest BCUT2D eigenvalue weighted by molar-refractivity contribution is -0.131. The average molecular weight is 224 g/mol. The van der Waals surface area contributed by atoms with Crippen molar-refractivity contribution in [3.05, 3.63) is 18.2 Å². The summed E-state index contributed by atoms with van der Waals surface area (Å²) in [5.41, 5.74) is 0. The third-order valence-corrected chi connectivity index (χ3v) is 2.63. The molecular formula is C11H20N4O. The van der Waals surface area contributed by atoms with Crippen molar-refractivity contribution in [1.29, 1.82) is 0 Å². The Kier molecular flexibility index (Phi) is 4.49. The van der Waals surface area contributed by atoms with Crippen LogP contribution in [-0.2, 0) is 11.3 Å². The van der Waals surface area contributed by atoms with Crippen LogP contribution in [-0.4, -0.2) is 52.4 Å². The number of carbonyl (C=O) groups excluding carboxylic acids is 1. The monoisotopic (exact) mass is 224 g/mol. The normalized spacial score (nSPS) is 11.1. The second kappa shape index (κ2) is 5.65. The standard InChI is InChI=1S/C11H20N4O/c1-9(2)14(3)8-11(16)15(4)7-10-12-5-6-13-10/h5-6,9H,7-8H2,1-4H3,(H,12,13). The van der Waals surface area contributed by atoms with Gasteiger partial charge in [0.15, 0.2) is 0 Å². The van der Waals surface area contributed by atoms with Crippen molar-refractivity contribution in [2.24, 2.45) is 0 Å². The molecule has 0 aliphatic heterocycles. The van der Waals surface area contributed by atoms with Crippen LogP contribution in [0.25, 0.3) is 0 Å². The van der Waals surface area contributed by atoms with Gasteiger partial charge in [0.05, 0.1) is 13.1 Å². The highest BCUT2D eigenvalue weighted by molar-refractivity contribution is 5.77. The number of likely N-dealkylation sites (N-methyl/N-ethyl adjacent to an activating group) is 2. The average Bonchev–Trinajstić information content (AvgIpc) is 2.69. The molecule has 0 atom stereocenters. The quantitative estimate of drug-likeness (QED) is 0.801. The first-order chi connectivity index (χ1) is 7.50. The number of imidazole rings is 1. The third-order valence-electron chi connectivity index (χ3n) is 2.63. The molecule has 1 aromatic rings. The van der Waals surface area contributed by atoms with Crippen molar-refractivity contribution in [3.63, 3.8) is 0 Å². The minimum absolute atomic E-state index is 0.104. The molecule has 0 saturated heterocycles. The van der Waals surface area contributed by atoms with E-state index in [1.807, 2.05) is 11.9 Å². The molecule has 0 bridgehead atoms. The van der Waals surface area contributed by atoms with Gasteiger partial charge in [0.2, 0.25) is 5.91 Å². The number of H-pyrrole nitrogens is 1. The van der Waals surface area contributed by atoms with Crippen LogP contribution in [0.2, 0.25) is 0 Å². The molecule has 0 fully saturated rings. The molecule has 0 aromatic carbocycles. The van der Waals surface area contributed by atoms with Crippen LogP contribution < -0.4 is 0 Å². The maximum atomic E-state index is 11.8. The molecule has 0 saturated carbocycles. The van der Waals surface area contributed by atoms with Crippen molar-refractivity contribution in [2.45, 2.75) is 26.4 Å². The smallest absolute Gasteiger partial charge is 0.236 e. The first kappa shape index (κ1) is 12.7. The maximum Gasteiger partial charge on any atom is 0.236 e. The Bertz CT molecular complexity index is 321. The molecule has 0 unspecified atom stereocenters. The van der Waals surface area contributed by atoms with Gasteiger partial charge >= 0.3 is 0 Å². The molecule has 1 amide bonds. The van der Waals surface area contributed by atoms with Gasteiger partial charge in [-0.1, -0.05) is 0 Å². The van der Waals surface area contributed by atoms with Gasteiger partial charge < -0.3 is 9.88 Å². The van der Waals surface area contributed by atoms with Crippen LogP contribution in [0.1, 0.15) is 19.7 Å². The molecule has 16 heavy (non-hydrogen) atoms. The lowest BCUT2D eigenvalue weighted by Crippen LogP contribution is -2.39. The van der Waals surface area contributed by atoms with E-state index >= 15 is 0 Å². The van der Waals surface area contributed by atoms with E-state index in [1.54, 1.807) is 24.3 Å². The molecule has 0 radical (unpaired) electrons. The Balaban J connectivity index is 2.42. The lowest BCUT2D eigenvalue weighted by atomic mass is 10.3. The fourth-order valence-corrected chi connectivity index (χ4v) is 1.21. The van der Waals surface area contributed by atoms with Crippen LogP contribution in [0, 0.1) is 0 Å². The predicted octanol–water partition coefficient (Wildman–Crippen LogP) is 0.708. The van der Waals surface area contributed by atoms with Crippen LogP contribution in [0.15, 0.2) is 12.4 Å². The molecule has 5 nitrogen and oxygen atoms in total.